The summed E-state index contributed by atoms with van der Waals surface area (Å²) in [4.78, 5) is 11.9. The van der Waals surface area contributed by atoms with Gasteiger partial charge in [0, 0.05) is 5.02 Å². The van der Waals surface area contributed by atoms with Crippen LogP contribution in [0.15, 0.2) is 58.1 Å². The first-order chi connectivity index (χ1) is 13.5. The van der Waals surface area contributed by atoms with Crippen molar-refractivity contribution < 1.29 is 9.53 Å². The molecule has 0 aliphatic carbocycles. The van der Waals surface area contributed by atoms with E-state index in [-0.39, 0.29) is 6.61 Å². The number of carbonyl (C=O) groups is 1. The molecular formula is C19H15BrCl2N4O2. The van der Waals surface area contributed by atoms with Crippen molar-refractivity contribution in [3.05, 3.63) is 74.4 Å². The number of nitrogens with one attached hydrogen (secondary N) is 1. The average molecular weight is 482 g/mol. The third-order valence-electron chi connectivity index (χ3n) is 3.68. The highest BCUT2D eigenvalue weighted by Crippen LogP contribution is 2.27. The Morgan fingerprint density at radius 2 is 2.04 bits per heavy atom. The van der Waals surface area contributed by atoms with Crippen LogP contribution in [0.25, 0.3) is 5.69 Å². The highest BCUT2D eigenvalue weighted by molar-refractivity contribution is 9.10. The number of aryl methyl sites for hydroxylation is 1. The zero-order chi connectivity index (χ0) is 20.1. The first-order valence-corrected chi connectivity index (χ1v) is 9.71. The normalized spacial score (nSPS) is 11.0. The smallest absolute Gasteiger partial charge is 0.277 e. The number of hydrogen-bond acceptors (Lipinski definition) is 4. The Labute approximate surface area is 180 Å². The summed E-state index contributed by atoms with van der Waals surface area (Å²) in [6.45, 7) is 1.61. The molecule has 1 heterocycles. The van der Waals surface area contributed by atoms with Crippen LogP contribution < -0.4 is 10.2 Å². The summed E-state index contributed by atoms with van der Waals surface area (Å²) < 4.78 is 7.70. The molecule has 0 aliphatic rings. The fraction of sp³-hybridized carbons (Fsp3) is 0.105. The van der Waals surface area contributed by atoms with Gasteiger partial charge in [-0.1, -0.05) is 41.4 Å². The van der Waals surface area contributed by atoms with E-state index in [9.17, 15) is 4.79 Å². The van der Waals surface area contributed by atoms with Gasteiger partial charge in [-0.05, 0) is 53.2 Å². The van der Waals surface area contributed by atoms with Gasteiger partial charge in [0.15, 0.2) is 6.61 Å². The molecule has 6 nitrogen and oxygen atoms in total. The van der Waals surface area contributed by atoms with E-state index in [2.05, 4.69) is 31.6 Å². The van der Waals surface area contributed by atoms with Crippen LogP contribution in [0, 0.1) is 6.92 Å². The molecular weight excluding hydrogens is 467 g/mol. The Balaban J connectivity index is 1.61. The minimum Gasteiger partial charge on any atom is -0.483 e. The molecule has 0 spiro atoms. The lowest BCUT2D eigenvalue weighted by Crippen LogP contribution is -2.24. The maximum atomic E-state index is 11.9. The maximum Gasteiger partial charge on any atom is 0.277 e. The van der Waals surface area contributed by atoms with Crippen LogP contribution in [0.2, 0.25) is 10.2 Å². The van der Waals surface area contributed by atoms with Gasteiger partial charge in [-0.3, -0.25) is 4.79 Å². The molecule has 9 heteroatoms. The number of rotatable bonds is 6. The molecule has 2 aromatic carbocycles. The van der Waals surface area contributed by atoms with Crippen LogP contribution in [-0.4, -0.2) is 28.5 Å². The Morgan fingerprint density at radius 3 is 2.75 bits per heavy atom. The summed E-state index contributed by atoms with van der Waals surface area (Å²) in [6.07, 6.45) is 1.46. The predicted octanol–water partition coefficient (Wildman–Crippen LogP) is 4.78. The highest BCUT2D eigenvalue weighted by Gasteiger charge is 2.13. The molecule has 0 bridgehead atoms. The standard InChI is InChI=1S/C19H15BrCl2N4O2/c1-12-15(19(22)26(25-12)14-5-3-2-4-6-14)10-23-24-18(27)11-28-17-8-7-13(21)9-16(17)20/h2-10H,11H2,1H3,(H,24,27)/b23-10+. The fourth-order valence-electron chi connectivity index (χ4n) is 2.33. The Morgan fingerprint density at radius 1 is 1.29 bits per heavy atom. The molecule has 0 radical (unpaired) electrons. The number of carbonyl (C=O) groups excluding carboxylic acids is 1. The molecule has 1 amide bonds. The van der Waals surface area contributed by atoms with E-state index >= 15 is 0 Å². The summed E-state index contributed by atoms with van der Waals surface area (Å²) >= 11 is 15.6. The SMILES string of the molecule is Cc1nn(-c2ccccc2)c(Cl)c1/C=N/NC(=O)COc1ccc(Cl)cc1Br. The van der Waals surface area contributed by atoms with Crippen molar-refractivity contribution in [2.45, 2.75) is 6.92 Å². The quantitative estimate of drug-likeness (QED) is 0.407. The molecule has 0 fully saturated rings. The van der Waals surface area contributed by atoms with E-state index < -0.39 is 5.91 Å². The summed E-state index contributed by atoms with van der Waals surface area (Å²) in [6, 6.07) is 14.5. The number of halogens is 3. The van der Waals surface area contributed by atoms with Crippen molar-refractivity contribution in [2.24, 2.45) is 5.10 Å². The first-order valence-electron chi connectivity index (χ1n) is 8.16. The van der Waals surface area contributed by atoms with Crippen molar-refractivity contribution in [3.63, 3.8) is 0 Å². The van der Waals surface area contributed by atoms with Crippen molar-refractivity contribution in [2.75, 3.05) is 6.61 Å². The number of hydrazone groups is 1. The molecule has 144 valence electrons. The van der Waals surface area contributed by atoms with Gasteiger partial charge in [-0.15, -0.1) is 0 Å². The zero-order valence-electron chi connectivity index (χ0n) is 14.7. The van der Waals surface area contributed by atoms with Crippen LogP contribution in [0.4, 0.5) is 0 Å². The van der Waals surface area contributed by atoms with Crippen LogP contribution in [0.3, 0.4) is 0 Å². The second kappa shape index (κ2) is 9.23. The van der Waals surface area contributed by atoms with Crippen molar-refractivity contribution >= 4 is 51.3 Å². The number of hydrogen-bond donors (Lipinski definition) is 1. The van der Waals surface area contributed by atoms with Crippen molar-refractivity contribution in [1.82, 2.24) is 15.2 Å². The molecule has 1 aromatic heterocycles. The van der Waals surface area contributed by atoms with Crippen molar-refractivity contribution in [1.29, 1.82) is 0 Å². The van der Waals surface area contributed by atoms with Gasteiger partial charge in [0.1, 0.15) is 10.9 Å². The largest absolute Gasteiger partial charge is 0.483 e. The zero-order valence-corrected chi connectivity index (χ0v) is 17.8. The predicted molar refractivity (Wildman–Crippen MR) is 114 cm³/mol. The van der Waals surface area contributed by atoms with Crippen LogP contribution >= 0.6 is 39.1 Å². The molecule has 0 unspecified atom stereocenters. The van der Waals surface area contributed by atoms with E-state index in [4.69, 9.17) is 27.9 Å². The van der Waals surface area contributed by atoms with Crippen molar-refractivity contribution in [3.8, 4) is 11.4 Å². The molecule has 0 saturated heterocycles. The van der Waals surface area contributed by atoms with E-state index in [0.717, 1.165) is 5.69 Å². The second-order valence-electron chi connectivity index (χ2n) is 5.69. The summed E-state index contributed by atoms with van der Waals surface area (Å²) in [5.74, 6) is 0.0916. The van der Waals surface area contributed by atoms with E-state index in [1.807, 2.05) is 37.3 Å². The minimum absolute atomic E-state index is 0.201. The topological polar surface area (TPSA) is 68.5 Å². The van der Waals surface area contributed by atoms with E-state index in [0.29, 0.717) is 31.7 Å². The third kappa shape index (κ3) is 4.92. The Kier molecular flexibility index (Phi) is 6.72. The first kappa shape index (κ1) is 20.4. The lowest BCUT2D eigenvalue weighted by Gasteiger charge is -2.07. The molecule has 28 heavy (non-hydrogen) atoms. The molecule has 1 N–H and O–H groups in total. The summed E-state index contributed by atoms with van der Waals surface area (Å²) in [5.41, 5.74) is 4.54. The Hall–Kier alpha value is -2.35. The Bertz CT molecular complexity index is 1020. The van der Waals surface area contributed by atoms with E-state index in [1.165, 1.54) is 6.21 Å². The number of para-hydroxylation sites is 1. The van der Waals surface area contributed by atoms with Gasteiger partial charge < -0.3 is 4.74 Å². The number of benzene rings is 2. The molecule has 0 aliphatic heterocycles. The lowest BCUT2D eigenvalue weighted by molar-refractivity contribution is -0.123. The molecule has 3 aromatic rings. The monoisotopic (exact) mass is 480 g/mol. The number of nitrogens with zero attached hydrogens (tertiary/aromatic N) is 3. The van der Waals surface area contributed by atoms with E-state index in [1.54, 1.807) is 22.9 Å². The summed E-state index contributed by atoms with van der Waals surface area (Å²) in [5, 5.41) is 9.33. The van der Waals surface area contributed by atoms with Crippen LogP contribution in [0.5, 0.6) is 5.75 Å². The number of amides is 1. The maximum absolute atomic E-state index is 11.9. The molecule has 3 rings (SSSR count). The average Bonchev–Trinajstić information content (AvgIpc) is 2.96. The van der Waals surface area contributed by atoms with Gasteiger partial charge in [-0.2, -0.15) is 10.2 Å². The third-order valence-corrected chi connectivity index (χ3v) is 4.90. The van der Waals surface area contributed by atoms with Gasteiger partial charge in [0.2, 0.25) is 0 Å². The molecule has 0 atom stereocenters. The summed E-state index contributed by atoms with van der Waals surface area (Å²) in [7, 11) is 0. The second-order valence-corrected chi connectivity index (χ2v) is 7.34. The fourth-order valence-corrected chi connectivity index (χ4v) is 3.45. The van der Waals surface area contributed by atoms with Gasteiger partial charge in [0.05, 0.1) is 27.6 Å². The van der Waals surface area contributed by atoms with Crippen LogP contribution in [0.1, 0.15) is 11.3 Å². The van der Waals surface area contributed by atoms with Gasteiger partial charge in [-0.25, -0.2) is 10.1 Å². The van der Waals surface area contributed by atoms with Crippen LogP contribution in [-0.2, 0) is 4.79 Å². The minimum atomic E-state index is -0.415. The van der Waals surface area contributed by atoms with Gasteiger partial charge >= 0.3 is 0 Å². The number of aromatic nitrogens is 2. The lowest BCUT2D eigenvalue weighted by atomic mass is 10.3. The number of ether oxygens (including phenoxy) is 1. The molecule has 0 saturated carbocycles. The highest BCUT2D eigenvalue weighted by atomic mass is 79.9. The van der Waals surface area contributed by atoms with Gasteiger partial charge in [0.25, 0.3) is 5.91 Å².